The van der Waals surface area contributed by atoms with Gasteiger partial charge in [0.15, 0.2) is 0 Å². The van der Waals surface area contributed by atoms with E-state index >= 15 is 0 Å². The van der Waals surface area contributed by atoms with Gasteiger partial charge in [0.25, 0.3) is 0 Å². The molecule has 0 fully saturated rings. The minimum atomic E-state index is -0.630. The fourth-order valence-electron chi connectivity index (χ4n) is 0.703. The van der Waals surface area contributed by atoms with E-state index in [1.54, 1.807) is 6.92 Å². The molecule has 0 aliphatic carbocycles. The molecule has 1 heterocycles. The Kier molecular flexibility index (Phi) is 1.94. The smallest absolute Gasteiger partial charge is 0.147 e. The second-order valence-corrected chi connectivity index (χ2v) is 1.94. The summed E-state index contributed by atoms with van der Waals surface area (Å²) >= 11 is 0. The van der Waals surface area contributed by atoms with Crippen LogP contribution < -0.4 is 0 Å². The van der Waals surface area contributed by atoms with Crippen LogP contribution in [0.1, 0.15) is 12.6 Å². The Labute approximate surface area is 57.7 Å². The molecule has 0 aromatic carbocycles. The van der Waals surface area contributed by atoms with Crippen LogP contribution >= 0.6 is 0 Å². The summed E-state index contributed by atoms with van der Waals surface area (Å²) in [6.45, 7) is 1.77. The molecule has 54 valence electrons. The molecule has 1 rings (SSSR count). The van der Waals surface area contributed by atoms with Gasteiger partial charge >= 0.3 is 0 Å². The summed E-state index contributed by atoms with van der Waals surface area (Å²) in [5.41, 5.74) is 0.307. The van der Waals surface area contributed by atoms with Crippen LogP contribution in [-0.2, 0) is 6.42 Å². The molecule has 0 aliphatic rings. The van der Waals surface area contributed by atoms with Crippen LogP contribution in [0.15, 0.2) is 12.3 Å². The van der Waals surface area contributed by atoms with Crippen molar-refractivity contribution in [1.29, 1.82) is 0 Å². The lowest BCUT2D eigenvalue weighted by atomic mass is 10.3. The summed E-state index contributed by atoms with van der Waals surface area (Å²) in [5.74, 6) is -1.20. The van der Waals surface area contributed by atoms with Gasteiger partial charge in [-0.1, -0.05) is 6.92 Å². The van der Waals surface area contributed by atoms with Crippen LogP contribution in [0.4, 0.5) is 8.78 Å². The lowest BCUT2D eigenvalue weighted by Gasteiger charge is -1.95. The number of nitrogens with zero attached hydrogens (tertiary/aromatic N) is 1. The molecule has 1 aromatic heterocycles. The molecule has 1 nitrogen and oxygen atoms in total. The van der Waals surface area contributed by atoms with E-state index in [9.17, 15) is 8.78 Å². The van der Waals surface area contributed by atoms with Crippen molar-refractivity contribution in [3.63, 3.8) is 0 Å². The highest BCUT2D eigenvalue weighted by Gasteiger charge is 2.01. The second-order valence-electron chi connectivity index (χ2n) is 1.94. The number of hydrogen-bond donors (Lipinski definition) is 0. The summed E-state index contributed by atoms with van der Waals surface area (Å²) < 4.78 is 24.7. The van der Waals surface area contributed by atoms with Crippen molar-refractivity contribution in [2.24, 2.45) is 0 Å². The third kappa shape index (κ3) is 1.29. The first-order valence-electron chi connectivity index (χ1n) is 3.04. The van der Waals surface area contributed by atoms with Crippen molar-refractivity contribution in [3.8, 4) is 0 Å². The Hall–Kier alpha value is -0.990. The van der Waals surface area contributed by atoms with Crippen LogP contribution in [0.2, 0.25) is 0 Å². The normalized spacial score (nSPS) is 9.90. The maximum atomic E-state index is 12.5. The Balaban J connectivity index is 3.07. The lowest BCUT2D eigenvalue weighted by molar-refractivity contribution is 0.560. The average molecular weight is 143 g/mol. The lowest BCUT2D eigenvalue weighted by Crippen LogP contribution is -1.93. The highest BCUT2D eigenvalue weighted by atomic mass is 19.1. The summed E-state index contributed by atoms with van der Waals surface area (Å²) in [6.07, 6.45) is 1.51. The predicted octanol–water partition coefficient (Wildman–Crippen LogP) is 1.92. The highest BCUT2D eigenvalue weighted by Crippen LogP contribution is 2.05. The van der Waals surface area contributed by atoms with E-state index in [0.717, 1.165) is 12.3 Å². The number of pyridine rings is 1. The monoisotopic (exact) mass is 143 g/mol. The summed E-state index contributed by atoms with van der Waals surface area (Å²) in [6, 6.07) is 0.839. The molecule has 1 aromatic rings. The van der Waals surface area contributed by atoms with Gasteiger partial charge in [-0.05, 0) is 6.42 Å². The van der Waals surface area contributed by atoms with Gasteiger partial charge in [-0.15, -0.1) is 0 Å². The van der Waals surface area contributed by atoms with E-state index in [1.807, 2.05) is 0 Å². The third-order valence-corrected chi connectivity index (χ3v) is 1.22. The molecule has 10 heavy (non-hydrogen) atoms. The zero-order valence-corrected chi connectivity index (χ0v) is 5.56. The van der Waals surface area contributed by atoms with Gasteiger partial charge < -0.3 is 0 Å². The van der Waals surface area contributed by atoms with Gasteiger partial charge in [0.05, 0.1) is 11.9 Å². The summed E-state index contributed by atoms with van der Waals surface area (Å²) in [4.78, 5) is 3.55. The molecule has 0 amide bonds. The quantitative estimate of drug-likeness (QED) is 0.585. The molecule has 0 radical (unpaired) electrons. The van der Waals surface area contributed by atoms with Crippen LogP contribution in [0.25, 0.3) is 0 Å². The van der Waals surface area contributed by atoms with Crippen LogP contribution in [0.3, 0.4) is 0 Å². The molecular weight excluding hydrogens is 136 g/mol. The molecule has 0 N–H and O–H groups in total. The van der Waals surface area contributed by atoms with Gasteiger partial charge in [0, 0.05) is 6.07 Å². The van der Waals surface area contributed by atoms with Gasteiger partial charge in [-0.25, -0.2) is 8.78 Å². The zero-order valence-electron chi connectivity index (χ0n) is 5.56. The number of rotatable bonds is 1. The number of hydrogen-bond acceptors (Lipinski definition) is 1. The molecule has 3 heteroatoms. The SMILES string of the molecule is CCc1ncc(F)cc1F. The van der Waals surface area contributed by atoms with Crippen molar-refractivity contribution < 1.29 is 8.78 Å². The van der Waals surface area contributed by atoms with E-state index in [4.69, 9.17) is 0 Å². The first-order valence-corrected chi connectivity index (χ1v) is 3.04. The number of halogens is 2. The fourth-order valence-corrected chi connectivity index (χ4v) is 0.703. The van der Waals surface area contributed by atoms with E-state index in [0.29, 0.717) is 12.1 Å². The third-order valence-electron chi connectivity index (χ3n) is 1.22. The number of aromatic nitrogens is 1. The Morgan fingerprint density at radius 2 is 2.20 bits per heavy atom. The van der Waals surface area contributed by atoms with Gasteiger partial charge in [0.1, 0.15) is 11.6 Å². The molecule has 0 unspecified atom stereocenters. The van der Waals surface area contributed by atoms with Gasteiger partial charge in [0.2, 0.25) is 0 Å². The molecule has 0 atom stereocenters. The first kappa shape index (κ1) is 7.12. The molecule has 0 spiro atoms. The molecule has 0 saturated carbocycles. The van der Waals surface area contributed by atoms with Crippen LogP contribution in [0.5, 0.6) is 0 Å². The van der Waals surface area contributed by atoms with Gasteiger partial charge in [-0.2, -0.15) is 0 Å². The minimum Gasteiger partial charge on any atom is -0.255 e. The van der Waals surface area contributed by atoms with Crippen molar-refractivity contribution in [1.82, 2.24) is 4.98 Å². The van der Waals surface area contributed by atoms with Crippen LogP contribution in [0, 0.1) is 11.6 Å². The molecule has 0 bridgehead atoms. The Morgan fingerprint density at radius 1 is 1.50 bits per heavy atom. The van der Waals surface area contributed by atoms with Crippen molar-refractivity contribution in [2.75, 3.05) is 0 Å². The van der Waals surface area contributed by atoms with Gasteiger partial charge in [-0.3, -0.25) is 4.98 Å². The second kappa shape index (κ2) is 2.73. The Bertz CT molecular complexity index is 235. The highest BCUT2D eigenvalue weighted by molar-refractivity contribution is 5.07. The largest absolute Gasteiger partial charge is 0.255 e. The zero-order chi connectivity index (χ0) is 7.56. The van der Waals surface area contributed by atoms with E-state index in [-0.39, 0.29) is 0 Å². The summed E-state index contributed by atoms with van der Waals surface area (Å²) in [7, 11) is 0. The summed E-state index contributed by atoms with van der Waals surface area (Å²) in [5, 5.41) is 0. The fraction of sp³-hybridized carbons (Fsp3) is 0.286. The molecular formula is C7H7F2N. The van der Waals surface area contributed by atoms with Crippen molar-refractivity contribution >= 4 is 0 Å². The first-order chi connectivity index (χ1) is 4.74. The van der Waals surface area contributed by atoms with Crippen LogP contribution in [-0.4, -0.2) is 4.98 Å². The van der Waals surface area contributed by atoms with Crippen molar-refractivity contribution in [3.05, 3.63) is 29.6 Å². The maximum absolute atomic E-state index is 12.5. The minimum absolute atomic E-state index is 0.307. The van der Waals surface area contributed by atoms with Crippen molar-refractivity contribution in [2.45, 2.75) is 13.3 Å². The standard InChI is InChI=1S/C7H7F2N/c1-2-7-6(9)3-5(8)4-10-7/h3-4H,2H2,1H3. The van der Waals surface area contributed by atoms with E-state index < -0.39 is 11.6 Å². The maximum Gasteiger partial charge on any atom is 0.147 e. The molecule has 0 aliphatic heterocycles. The van der Waals surface area contributed by atoms with E-state index in [2.05, 4.69) is 4.98 Å². The number of aryl methyl sites for hydroxylation is 1. The predicted molar refractivity (Wildman–Crippen MR) is 33.5 cm³/mol. The topological polar surface area (TPSA) is 12.9 Å². The Morgan fingerprint density at radius 3 is 2.70 bits per heavy atom. The average Bonchev–Trinajstić information content (AvgIpc) is 1.88. The van der Waals surface area contributed by atoms with E-state index in [1.165, 1.54) is 0 Å². The molecule has 0 saturated heterocycles.